The lowest BCUT2D eigenvalue weighted by Crippen LogP contribution is -2.36. The van der Waals surface area contributed by atoms with Crippen molar-refractivity contribution in [2.75, 3.05) is 26.2 Å². The van der Waals surface area contributed by atoms with Crippen LogP contribution >= 0.6 is 11.6 Å². The maximum atomic E-state index is 11.8. The highest BCUT2D eigenvalue weighted by atomic mass is 35.5. The topological polar surface area (TPSA) is 121 Å². The zero-order valence-corrected chi connectivity index (χ0v) is 19.0. The number of nitrogens with one attached hydrogen (secondary N) is 3. The van der Waals surface area contributed by atoms with Crippen molar-refractivity contribution in [1.29, 1.82) is 0 Å². The molecule has 3 heterocycles. The maximum Gasteiger partial charge on any atom is 0.257 e. The molecule has 3 aliphatic rings. The van der Waals surface area contributed by atoms with E-state index in [1.165, 1.54) is 0 Å². The van der Waals surface area contributed by atoms with Gasteiger partial charge in [0, 0.05) is 38.5 Å². The van der Waals surface area contributed by atoms with E-state index in [4.69, 9.17) is 26.2 Å². The van der Waals surface area contributed by atoms with Crippen molar-refractivity contribution >= 4 is 29.1 Å². The summed E-state index contributed by atoms with van der Waals surface area (Å²) in [6.07, 6.45) is 0.518. The normalized spacial score (nSPS) is 14.4. The third-order valence-electron chi connectivity index (χ3n) is 4.63. The molecular weight excluding hydrogens is 448 g/mol. The molecule has 2 aromatic carbocycles. The van der Waals surface area contributed by atoms with Gasteiger partial charge < -0.3 is 25.2 Å². The molecule has 1 unspecified atom stereocenters. The van der Waals surface area contributed by atoms with E-state index in [2.05, 4.69) is 21.2 Å². The lowest BCUT2D eigenvalue weighted by molar-refractivity contribution is -0.123. The molecule has 5 rings (SSSR count). The highest BCUT2D eigenvalue weighted by Gasteiger charge is 2.15. The largest absolute Gasteiger partial charge is 0.482 e. The van der Waals surface area contributed by atoms with Gasteiger partial charge in [-0.05, 0) is 42.8 Å². The number of carbonyl (C=O) groups is 2. The van der Waals surface area contributed by atoms with Gasteiger partial charge in [-0.1, -0.05) is 17.7 Å². The molecule has 2 aromatic rings. The Kier molecular flexibility index (Phi) is 9.05. The number of aliphatic hydroxyl groups is 1. The minimum Gasteiger partial charge on any atom is -0.482 e. The van der Waals surface area contributed by atoms with E-state index < -0.39 is 6.10 Å². The molecule has 3 aliphatic heterocycles. The number of carbonyl (C=O) groups excluding carboxylic acids is 2. The number of halogens is 1. The fourth-order valence-corrected chi connectivity index (χ4v) is 3.19. The van der Waals surface area contributed by atoms with Gasteiger partial charge in [0.1, 0.15) is 17.2 Å². The van der Waals surface area contributed by atoms with Crippen LogP contribution in [-0.2, 0) is 9.59 Å². The summed E-state index contributed by atoms with van der Waals surface area (Å²) < 4.78 is 10.4. The molecule has 0 saturated heterocycles. The summed E-state index contributed by atoms with van der Waals surface area (Å²) in [5.74, 6) is 2.00. The number of hydrazone groups is 1. The van der Waals surface area contributed by atoms with Gasteiger partial charge in [0.05, 0.1) is 16.8 Å². The predicted molar refractivity (Wildman–Crippen MR) is 125 cm³/mol. The number of hydrogen-bond donors (Lipinski definition) is 4. The van der Waals surface area contributed by atoms with E-state index in [1.54, 1.807) is 25.1 Å². The van der Waals surface area contributed by atoms with Crippen molar-refractivity contribution in [3.05, 3.63) is 53.1 Å². The van der Waals surface area contributed by atoms with Gasteiger partial charge in [-0.15, -0.1) is 0 Å². The number of hydrogen-bond acceptors (Lipinski definition) is 7. The van der Waals surface area contributed by atoms with Crippen molar-refractivity contribution in [1.82, 2.24) is 16.1 Å². The molecule has 2 amide bonds. The van der Waals surface area contributed by atoms with Crippen LogP contribution in [0, 0.1) is 0 Å². The Labute approximate surface area is 197 Å². The van der Waals surface area contributed by atoms with E-state index in [9.17, 15) is 9.59 Å². The van der Waals surface area contributed by atoms with Crippen molar-refractivity contribution in [3.63, 3.8) is 0 Å². The van der Waals surface area contributed by atoms with Crippen LogP contribution in [0.2, 0.25) is 5.02 Å². The van der Waals surface area contributed by atoms with Crippen molar-refractivity contribution in [3.8, 4) is 17.2 Å². The predicted octanol–water partition coefficient (Wildman–Crippen LogP) is 2.21. The quantitative estimate of drug-likeness (QED) is 0.353. The van der Waals surface area contributed by atoms with E-state index in [0.29, 0.717) is 43.2 Å². The second-order valence-corrected chi connectivity index (χ2v) is 7.91. The zero-order chi connectivity index (χ0) is 23.6. The first-order valence-electron chi connectivity index (χ1n) is 10.6. The molecule has 0 radical (unpaired) electrons. The van der Waals surface area contributed by atoms with Crippen LogP contribution in [0.25, 0.3) is 0 Å². The van der Waals surface area contributed by atoms with E-state index >= 15 is 0 Å². The standard InChI is InChI=1S/C17H23ClN4O4.C6H4O/c1-11(23)9-19-6-7-20-17(25)10-26-15-4-2-12(8-13(15)18)14-3-5-16(24)22-21-14;1-2-5-4-6(3-1)7-5/h2,4,8,11,19,23H,3,5-7,9-10H2,1H3,(H,20,25)(H,22,24);1-4H. The first-order valence-corrected chi connectivity index (χ1v) is 11.0. The summed E-state index contributed by atoms with van der Waals surface area (Å²) in [6, 6.07) is 13.0. The number of fused-ring (bicyclic) bond motifs is 2. The van der Waals surface area contributed by atoms with Gasteiger partial charge in [-0.3, -0.25) is 9.59 Å². The second-order valence-electron chi connectivity index (χ2n) is 7.51. The summed E-state index contributed by atoms with van der Waals surface area (Å²) in [6.45, 7) is 3.01. The first-order chi connectivity index (χ1) is 15.9. The number of amides is 2. The summed E-state index contributed by atoms with van der Waals surface area (Å²) in [5, 5.41) is 19.2. The maximum absolute atomic E-state index is 11.8. The Morgan fingerprint density at radius 1 is 1.24 bits per heavy atom. The fraction of sp³-hybridized carbons (Fsp3) is 0.348. The van der Waals surface area contributed by atoms with Gasteiger partial charge in [-0.25, -0.2) is 5.43 Å². The van der Waals surface area contributed by atoms with Gasteiger partial charge in [-0.2, -0.15) is 5.10 Å². The molecule has 2 bridgehead atoms. The average Bonchev–Trinajstić information content (AvgIpc) is 2.79. The third kappa shape index (κ3) is 8.05. The van der Waals surface area contributed by atoms with Crippen molar-refractivity contribution < 1.29 is 24.2 Å². The van der Waals surface area contributed by atoms with Crippen LogP contribution in [-0.4, -0.2) is 55.0 Å². The van der Waals surface area contributed by atoms with Crippen LogP contribution in [0.3, 0.4) is 0 Å². The van der Waals surface area contributed by atoms with Gasteiger partial charge in [0.25, 0.3) is 5.91 Å². The first kappa shape index (κ1) is 24.5. The molecule has 0 saturated carbocycles. The number of aliphatic hydroxyl groups excluding tert-OH is 1. The minimum absolute atomic E-state index is 0.105. The van der Waals surface area contributed by atoms with Crippen LogP contribution < -0.4 is 25.5 Å². The summed E-state index contributed by atoms with van der Waals surface area (Å²) >= 11 is 6.20. The number of ether oxygens (including phenoxy) is 2. The molecule has 0 aliphatic carbocycles. The highest BCUT2D eigenvalue weighted by Crippen LogP contribution is 2.33. The molecule has 4 N–H and O–H groups in total. The lowest BCUT2D eigenvalue weighted by atomic mass is 10.0. The molecule has 0 fully saturated rings. The van der Waals surface area contributed by atoms with Gasteiger partial charge in [0.15, 0.2) is 6.61 Å². The molecule has 10 heteroatoms. The van der Waals surface area contributed by atoms with Crippen LogP contribution in [0.4, 0.5) is 0 Å². The molecule has 9 nitrogen and oxygen atoms in total. The summed E-state index contributed by atoms with van der Waals surface area (Å²) in [7, 11) is 0. The SMILES string of the molecule is CC(O)CNCCNC(=O)COc1ccc(C2=NNC(=O)CC2)cc1Cl.c1cc2cc(c1)O2. The van der Waals surface area contributed by atoms with Crippen LogP contribution in [0.1, 0.15) is 25.3 Å². The Bertz CT molecular complexity index is 987. The van der Waals surface area contributed by atoms with E-state index in [-0.39, 0.29) is 18.4 Å². The van der Waals surface area contributed by atoms with Crippen molar-refractivity contribution in [2.45, 2.75) is 25.9 Å². The number of benzene rings is 2. The van der Waals surface area contributed by atoms with E-state index in [1.807, 2.05) is 24.3 Å². The molecule has 0 spiro atoms. The average molecular weight is 475 g/mol. The zero-order valence-electron chi connectivity index (χ0n) is 18.3. The van der Waals surface area contributed by atoms with Crippen LogP contribution in [0.5, 0.6) is 17.2 Å². The smallest absolute Gasteiger partial charge is 0.257 e. The molecule has 0 aromatic heterocycles. The molecule has 1 atom stereocenters. The van der Waals surface area contributed by atoms with Gasteiger partial charge >= 0.3 is 0 Å². The number of nitrogens with zero attached hydrogens (tertiary/aromatic N) is 1. The Hall–Kier alpha value is -3.14. The lowest BCUT2D eigenvalue weighted by Gasteiger charge is -2.14. The fourth-order valence-electron chi connectivity index (χ4n) is 2.95. The van der Waals surface area contributed by atoms with E-state index in [0.717, 1.165) is 22.8 Å². The summed E-state index contributed by atoms with van der Waals surface area (Å²) in [5.41, 5.74) is 3.99. The Balaban J connectivity index is 0.000000364. The van der Waals surface area contributed by atoms with Gasteiger partial charge in [0.2, 0.25) is 5.91 Å². The Morgan fingerprint density at radius 2 is 2.00 bits per heavy atom. The highest BCUT2D eigenvalue weighted by molar-refractivity contribution is 6.32. The van der Waals surface area contributed by atoms with Crippen LogP contribution in [0.15, 0.2) is 47.6 Å². The van der Waals surface area contributed by atoms with Crippen molar-refractivity contribution in [2.24, 2.45) is 5.10 Å². The number of rotatable bonds is 9. The molecule has 33 heavy (non-hydrogen) atoms. The monoisotopic (exact) mass is 474 g/mol. The minimum atomic E-state index is -0.421. The Morgan fingerprint density at radius 3 is 2.55 bits per heavy atom. The molecule has 176 valence electrons. The molecular formula is C23H27ClN4O5. The second kappa shape index (κ2) is 12.2. The summed E-state index contributed by atoms with van der Waals surface area (Å²) in [4.78, 5) is 22.9. The third-order valence-corrected chi connectivity index (χ3v) is 4.93.